The summed E-state index contributed by atoms with van der Waals surface area (Å²) in [5, 5.41) is 2.53. The summed E-state index contributed by atoms with van der Waals surface area (Å²) in [5.74, 6) is 1.15. The van der Waals surface area contributed by atoms with Gasteiger partial charge in [-0.15, -0.1) is 23.5 Å². The van der Waals surface area contributed by atoms with E-state index in [2.05, 4.69) is 16.5 Å². The summed E-state index contributed by atoms with van der Waals surface area (Å²) in [7, 11) is 0. The molecule has 1 aliphatic rings. The van der Waals surface area contributed by atoms with Crippen LogP contribution in [0.1, 0.15) is 18.9 Å². The van der Waals surface area contributed by atoms with Crippen molar-refractivity contribution in [3.8, 4) is 0 Å². The molecule has 1 saturated heterocycles. The minimum Gasteiger partial charge on any atom is -0.337 e. The average molecular weight is 408 g/mol. The molecule has 7 heteroatoms. The second-order valence-electron chi connectivity index (χ2n) is 5.73. The first-order valence-corrected chi connectivity index (χ1v) is 10.4. The van der Waals surface area contributed by atoms with Crippen LogP contribution in [0, 0.1) is 0 Å². The molecule has 0 amide bonds. The highest BCUT2D eigenvalue weighted by atomic mass is 35.5. The summed E-state index contributed by atoms with van der Waals surface area (Å²) in [6.07, 6.45) is 7.57. The molecule has 1 aliphatic heterocycles. The normalized spacial score (nSPS) is 24.3. The fourth-order valence-electron chi connectivity index (χ4n) is 2.74. The SMILES string of the molecule is CC1CSC(CCn2ccnc2)(Cc2c(Cl)cc(Cl)cc2Cl)S1. The molecule has 2 unspecified atom stereocenters. The van der Waals surface area contributed by atoms with Gasteiger partial charge in [-0.25, -0.2) is 4.98 Å². The maximum atomic E-state index is 6.41. The molecule has 1 aromatic carbocycles. The van der Waals surface area contributed by atoms with Gasteiger partial charge in [0.2, 0.25) is 0 Å². The van der Waals surface area contributed by atoms with Crippen LogP contribution in [0.25, 0.3) is 0 Å². The third kappa shape index (κ3) is 4.35. The first kappa shape index (κ1) is 17.8. The molecule has 3 rings (SSSR count). The predicted octanol–water partition coefficient (Wildman–Crippen LogP) is 6.04. The fourth-order valence-corrected chi connectivity index (χ4v) is 7.33. The Bertz CT molecular complexity index is 655. The molecule has 2 aromatic rings. The largest absolute Gasteiger partial charge is 0.337 e. The predicted molar refractivity (Wildman–Crippen MR) is 104 cm³/mol. The van der Waals surface area contributed by atoms with E-state index in [1.165, 1.54) is 0 Å². The van der Waals surface area contributed by atoms with Crippen molar-refractivity contribution >= 4 is 58.3 Å². The molecule has 0 aliphatic carbocycles. The Morgan fingerprint density at radius 1 is 1.30 bits per heavy atom. The van der Waals surface area contributed by atoms with Gasteiger partial charge in [0.25, 0.3) is 0 Å². The van der Waals surface area contributed by atoms with Crippen LogP contribution in [0.3, 0.4) is 0 Å². The van der Waals surface area contributed by atoms with Gasteiger partial charge < -0.3 is 4.57 Å². The number of rotatable bonds is 5. The molecule has 0 bridgehead atoms. The smallest absolute Gasteiger partial charge is 0.0945 e. The maximum absolute atomic E-state index is 6.41. The molecule has 1 aromatic heterocycles. The Kier molecular flexibility index (Phi) is 5.80. The molecule has 0 radical (unpaired) electrons. The highest BCUT2D eigenvalue weighted by molar-refractivity contribution is 8.21. The van der Waals surface area contributed by atoms with E-state index >= 15 is 0 Å². The molecular formula is C16H17Cl3N2S2. The van der Waals surface area contributed by atoms with Crippen molar-refractivity contribution in [3.63, 3.8) is 0 Å². The van der Waals surface area contributed by atoms with Crippen molar-refractivity contribution in [2.75, 3.05) is 5.75 Å². The van der Waals surface area contributed by atoms with Crippen molar-refractivity contribution in [2.45, 2.75) is 35.6 Å². The van der Waals surface area contributed by atoms with Crippen LogP contribution >= 0.6 is 58.3 Å². The van der Waals surface area contributed by atoms with E-state index in [1.807, 2.05) is 42.2 Å². The van der Waals surface area contributed by atoms with Crippen molar-refractivity contribution < 1.29 is 0 Å². The lowest BCUT2D eigenvalue weighted by Crippen LogP contribution is -2.23. The third-order valence-corrected chi connectivity index (χ3v) is 8.49. The van der Waals surface area contributed by atoms with Gasteiger partial charge in [-0.05, 0) is 30.5 Å². The lowest BCUT2D eigenvalue weighted by atomic mass is 10.1. The average Bonchev–Trinajstić information content (AvgIpc) is 3.11. The number of aryl methyl sites for hydroxylation is 1. The monoisotopic (exact) mass is 406 g/mol. The fraction of sp³-hybridized carbons (Fsp3) is 0.438. The summed E-state index contributed by atoms with van der Waals surface area (Å²) in [6.45, 7) is 3.22. The van der Waals surface area contributed by atoms with Gasteiger partial charge in [-0.3, -0.25) is 0 Å². The second-order valence-corrected chi connectivity index (χ2v) is 10.5. The van der Waals surface area contributed by atoms with Crippen LogP contribution in [0.2, 0.25) is 15.1 Å². The van der Waals surface area contributed by atoms with Crippen molar-refractivity contribution in [2.24, 2.45) is 0 Å². The third-order valence-electron chi connectivity index (χ3n) is 3.86. The zero-order chi connectivity index (χ0) is 16.4. The molecule has 23 heavy (non-hydrogen) atoms. The van der Waals surface area contributed by atoms with Crippen molar-refractivity contribution in [3.05, 3.63) is 51.5 Å². The number of hydrogen-bond acceptors (Lipinski definition) is 3. The van der Waals surface area contributed by atoms with Crippen LogP contribution in [0.4, 0.5) is 0 Å². The van der Waals surface area contributed by atoms with Gasteiger partial charge in [0.15, 0.2) is 0 Å². The lowest BCUT2D eigenvalue weighted by Gasteiger charge is -2.29. The Hall–Kier alpha value is -0.0000000000000000555. The van der Waals surface area contributed by atoms with Crippen LogP contribution in [0.5, 0.6) is 0 Å². The number of benzene rings is 1. The highest BCUT2D eigenvalue weighted by Crippen LogP contribution is 2.53. The molecule has 0 spiro atoms. The molecular weight excluding hydrogens is 391 g/mol. The minimum atomic E-state index is 0.0881. The number of hydrogen-bond donors (Lipinski definition) is 0. The number of halogens is 3. The Balaban J connectivity index is 1.82. The summed E-state index contributed by atoms with van der Waals surface area (Å²) >= 11 is 22.9. The molecule has 2 nitrogen and oxygen atoms in total. The molecule has 1 fully saturated rings. The summed E-state index contributed by atoms with van der Waals surface area (Å²) in [4.78, 5) is 4.12. The highest BCUT2D eigenvalue weighted by Gasteiger charge is 2.39. The lowest BCUT2D eigenvalue weighted by molar-refractivity contribution is 0.597. The number of nitrogens with zero attached hydrogens (tertiary/aromatic N) is 2. The molecule has 124 valence electrons. The van der Waals surface area contributed by atoms with Gasteiger partial charge in [-0.1, -0.05) is 41.7 Å². The number of imidazole rings is 1. The minimum absolute atomic E-state index is 0.0881. The number of thioether (sulfide) groups is 2. The number of aromatic nitrogens is 2. The van der Waals surface area contributed by atoms with E-state index in [4.69, 9.17) is 34.8 Å². The topological polar surface area (TPSA) is 17.8 Å². The van der Waals surface area contributed by atoms with Gasteiger partial charge in [0.1, 0.15) is 0 Å². The Morgan fingerprint density at radius 3 is 2.61 bits per heavy atom. The van der Waals surface area contributed by atoms with E-state index in [9.17, 15) is 0 Å². The summed E-state index contributed by atoms with van der Waals surface area (Å²) in [5.41, 5.74) is 0.998. The zero-order valence-electron chi connectivity index (χ0n) is 12.6. The van der Waals surface area contributed by atoms with E-state index in [-0.39, 0.29) is 4.08 Å². The quantitative estimate of drug-likeness (QED) is 0.601. The van der Waals surface area contributed by atoms with E-state index in [0.29, 0.717) is 20.3 Å². The van der Waals surface area contributed by atoms with Gasteiger partial charge in [0.05, 0.1) is 10.4 Å². The van der Waals surface area contributed by atoms with Crippen molar-refractivity contribution in [1.29, 1.82) is 0 Å². The molecule has 0 saturated carbocycles. The molecule has 2 atom stereocenters. The van der Waals surface area contributed by atoms with E-state index < -0.39 is 0 Å². The van der Waals surface area contributed by atoms with Gasteiger partial charge in [0, 0.05) is 45.0 Å². The van der Waals surface area contributed by atoms with Crippen LogP contribution in [0.15, 0.2) is 30.9 Å². The Morgan fingerprint density at radius 2 is 2.04 bits per heavy atom. The first-order valence-electron chi connectivity index (χ1n) is 7.38. The van der Waals surface area contributed by atoms with Crippen molar-refractivity contribution in [1.82, 2.24) is 9.55 Å². The van der Waals surface area contributed by atoms with Gasteiger partial charge >= 0.3 is 0 Å². The zero-order valence-corrected chi connectivity index (χ0v) is 16.5. The molecule has 2 heterocycles. The van der Waals surface area contributed by atoms with E-state index in [1.54, 1.807) is 12.1 Å². The maximum Gasteiger partial charge on any atom is 0.0945 e. The first-order chi connectivity index (χ1) is 11.0. The van der Waals surface area contributed by atoms with Crippen LogP contribution < -0.4 is 0 Å². The summed E-state index contributed by atoms with van der Waals surface area (Å²) in [6, 6.07) is 3.56. The second kappa shape index (κ2) is 7.49. The van der Waals surface area contributed by atoms with E-state index in [0.717, 1.165) is 30.7 Å². The standard InChI is InChI=1S/C16H17Cl3N2S2/c1-11-9-22-16(23-11,2-4-21-5-3-20-10-21)8-13-14(18)6-12(17)7-15(13)19/h3,5-7,10-11H,2,4,8-9H2,1H3. The van der Waals surface area contributed by atoms with Crippen LogP contribution in [-0.4, -0.2) is 24.6 Å². The Labute approximate surface area is 160 Å². The molecule has 0 N–H and O–H groups in total. The van der Waals surface area contributed by atoms with Crippen LogP contribution in [-0.2, 0) is 13.0 Å². The van der Waals surface area contributed by atoms with Gasteiger partial charge in [-0.2, -0.15) is 0 Å². The summed E-state index contributed by atoms with van der Waals surface area (Å²) < 4.78 is 2.21.